The average Bonchev–Trinajstić information content (AvgIpc) is 3.42. The highest BCUT2D eigenvalue weighted by Crippen LogP contribution is 2.33. The number of ether oxygens (including phenoxy) is 1. The van der Waals surface area contributed by atoms with E-state index in [1.165, 1.54) is 21.7 Å². The normalized spacial score (nSPS) is 18.5. The van der Waals surface area contributed by atoms with Gasteiger partial charge in [0, 0.05) is 38.0 Å². The zero-order valence-corrected chi connectivity index (χ0v) is 18.1. The molecule has 31 heavy (non-hydrogen) atoms. The number of benzene rings is 2. The van der Waals surface area contributed by atoms with E-state index in [9.17, 15) is 13.2 Å². The average molecular weight is 462 g/mol. The maximum absolute atomic E-state index is 15.4. The zero-order valence-electron chi connectivity index (χ0n) is 16.5. The van der Waals surface area contributed by atoms with Gasteiger partial charge in [-0.05, 0) is 42.0 Å². The van der Waals surface area contributed by atoms with Crippen molar-refractivity contribution < 1.29 is 22.3 Å². The summed E-state index contributed by atoms with van der Waals surface area (Å²) in [6.07, 6.45) is 0.259. The van der Waals surface area contributed by atoms with Crippen molar-refractivity contribution in [2.24, 2.45) is 0 Å². The largest absolute Gasteiger partial charge is 0.493 e. The molecule has 2 aliphatic rings. The Morgan fingerprint density at radius 1 is 1.19 bits per heavy atom. The van der Waals surface area contributed by atoms with Crippen LogP contribution in [0.3, 0.4) is 0 Å². The van der Waals surface area contributed by atoms with E-state index in [0.29, 0.717) is 24.5 Å². The summed E-state index contributed by atoms with van der Waals surface area (Å²) < 4.78 is 49.1. The first-order valence-corrected chi connectivity index (χ1v) is 12.3. The molecule has 2 aliphatic heterocycles. The lowest BCUT2D eigenvalue weighted by Gasteiger charge is -2.34. The quantitative estimate of drug-likeness (QED) is 0.644. The van der Waals surface area contributed by atoms with Crippen molar-refractivity contribution in [3.63, 3.8) is 0 Å². The number of anilines is 1. The fourth-order valence-electron chi connectivity index (χ4n) is 3.96. The van der Waals surface area contributed by atoms with Gasteiger partial charge in [0.2, 0.25) is 10.0 Å². The van der Waals surface area contributed by atoms with Gasteiger partial charge in [-0.15, -0.1) is 11.3 Å². The van der Waals surface area contributed by atoms with Gasteiger partial charge in [-0.25, -0.2) is 17.8 Å². The van der Waals surface area contributed by atoms with Crippen molar-refractivity contribution in [3.8, 4) is 5.75 Å². The Hall–Kier alpha value is -2.56. The number of halogens is 1. The number of hydrogen-bond donors (Lipinski definition) is 1. The summed E-state index contributed by atoms with van der Waals surface area (Å²) in [5.41, 5.74) is 1.63. The molecule has 162 valence electrons. The minimum Gasteiger partial charge on any atom is -0.493 e. The molecule has 5 rings (SSSR count). The van der Waals surface area contributed by atoms with E-state index >= 15 is 4.39 Å². The lowest BCUT2D eigenvalue weighted by molar-refractivity contribution is -0.129. The first kappa shape index (κ1) is 20.3. The lowest BCUT2D eigenvalue weighted by Crippen LogP contribution is -2.50. The first-order valence-electron chi connectivity index (χ1n) is 9.95. The Labute approximate surface area is 182 Å². The maximum Gasteiger partial charge on any atom is 0.262 e. The van der Waals surface area contributed by atoms with Gasteiger partial charge < -0.3 is 10.1 Å². The van der Waals surface area contributed by atoms with E-state index in [1.807, 2.05) is 6.07 Å². The maximum atomic E-state index is 15.4. The van der Waals surface area contributed by atoms with Crippen LogP contribution >= 0.6 is 11.3 Å². The molecule has 1 aromatic heterocycles. The van der Waals surface area contributed by atoms with Crippen LogP contribution in [-0.2, 0) is 21.2 Å². The molecule has 0 radical (unpaired) electrons. The van der Waals surface area contributed by atoms with Crippen LogP contribution < -0.4 is 10.1 Å². The molecule has 0 unspecified atom stereocenters. The van der Waals surface area contributed by atoms with Crippen LogP contribution in [0.25, 0.3) is 10.2 Å². The molecule has 0 saturated carbocycles. The molecule has 0 atom stereocenters. The van der Waals surface area contributed by atoms with Crippen molar-refractivity contribution in [2.45, 2.75) is 29.8 Å². The van der Waals surface area contributed by atoms with Crippen LogP contribution in [0.1, 0.15) is 18.4 Å². The van der Waals surface area contributed by atoms with Crippen LogP contribution in [0.4, 0.5) is 10.1 Å². The molecule has 0 aliphatic carbocycles. The van der Waals surface area contributed by atoms with E-state index in [4.69, 9.17) is 4.74 Å². The summed E-state index contributed by atoms with van der Waals surface area (Å²) in [4.78, 5) is 17.0. The van der Waals surface area contributed by atoms with Crippen LogP contribution in [-0.4, -0.2) is 49.0 Å². The summed E-state index contributed by atoms with van der Waals surface area (Å²) in [6, 6.07) is 10.0. The first-order chi connectivity index (χ1) is 14.8. The van der Waals surface area contributed by atoms with Gasteiger partial charge >= 0.3 is 0 Å². The van der Waals surface area contributed by atoms with Gasteiger partial charge in [0.25, 0.3) is 5.91 Å². The van der Waals surface area contributed by atoms with E-state index in [2.05, 4.69) is 10.3 Å². The van der Waals surface area contributed by atoms with Crippen LogP contribution in [0.2, 0.25) is 0 Å². The van der Waals surface area contributed by atoms with E-state index < -0.39 is 21.6 Å². The summed E-state index contributed by atoms with van der Waals surface area (Å²) in [6.45, 7) is 0.410. The third kappa shape index (κ3) is 3.68. The number of hydrogen-bond acceptors (Lipinski definition) is 6. The Kier molecular flexibility index (Phi) is 4.95. The molecular formula is C21H20FN3O4S2. The number of nitrogens with zero attached hydrogens (tertiary/aromatic N) is 2. The van der Waals surface area contributed by atoms with Gasteiger partial charge in [-0.1, -0.05) is 0 Å². The molecule has 3 heterocycles. The highest BCUT2D eigenvalue weighted by atomic mass is 32.2. The molecule has 10 heteroatoms. The highest BCUT2D eigenvalue weighted by molar-refractivity contribution is 7.89. The summed E-state index contributed by atoms with van der Waals surface area (Å²) >= 11 is 1.48. The van der Waals surface area contributed by atoms with E-state index in [-0.39, 0.29) is 30.8 Å². The number of nitrogens with one attached hydrogen (secondary N) is 1. The standard InChI is InChI=1S/C21H20FN3O4S2/c22-21(20(26)24-15-1-4-19-17(12-15)23-13-30-19)6-8-25(9-7-21)31(27,28)16-2-3-18-14(11-16)5-10-29-18/h1-4,11-13H,5-10H2,(H,24,26). The summed E-state index contributed by atoms with van der Waals surface area (Å²) in [5, 5.41) is 2.62. The van der Waals surface area contributed by atoms with E-state index in [0.717, 1.165) is 15.8 Å². The minimum atomic E-state index is -3.76. The summed E-state index contributed by atoms with van der Waals surface area (Å²) in [5.74, 6) is -0.0540. The Bertz CT molecular complexity index is 1270. The number of aromatic nitrogens is 1. The highest BCUT2D eigenvalue weighted by Gasteiger charge is 2.44. The van der Waals surface area contributed by atoms with Crippen LogP contribution in [0.5, 0.6) is 5.75 Å². The molecule has 2 aromatic carbocycles. The second-order valence-electron chi connectivity index (χ2n) is 7.73. The fourth-order valence-corrected chi connectivity index (χ4v) is 6.11. The van der Waals surface area contributed by atoms with Gasteiger partial charge in [0.15, 0.2) is 5.67 Å². The molecule has 0 bridgehead atoms. The SMILES string of the molecule is O=C(Nc1ccc2scnc2c1)C1(F)CCN(S(=O)(=O)c2ccc3c(c2)CCO3)CC1. The van der Waals surface area contributed by atoms with Crippen molar-refractivity contribution >= 4 is 43.2 Å². The number of fused-ring (bicyclic) bond motifs is 2. The number of rotatable bonds is 4. The molecular weight excluding hydrogens is 441 g/mol. The number of carbonyl (C=O) groups is 1. The lowest BCUT2D eigenvalue weighted by atomic mass is 9.93. The molecule has 3 aromatic rings. The smallest absolute Gasteiger partial charge is 0.262 e. The van der Waals surface area contributed by atoms with Gasteiger partial charge in [0.1, 0.15) is 5.75 Å². The fraction of sp³-hybridized carbons (Fsp3) is 0.333. The predicted octanol–water partition coefficient (Wildman–Crippen LogP) is 3.36. The van der Waals surface area contributed by atoms with Gasteiger partial charge in [-0.2, -0.15) is 4.31 Å². The van der Waals surface area contributed by atoms with Gasteiger partial charge in [-0.3, -0.25) is 4.79 Å². The van der Waals surface area contributed by atoms with E-state index in [1.54, 1.807) is 29.8 Å². The summed E-state index contributed by atoms with van der Waals surface area (Å²) in [7, 11) is -3.76. The third-order valence-corrected chi connectivity index (χ3v) is 8.51. The van der Waals surface area contributed by atoms with Crippen LogP contribution in [0, 0.1) is 0 Å². The molecule has 7 nitrogen and oxygen atoms in total. The molecule has 1 fully saturated rings. The number of piperidine rings is 1. The molecule has 1 saturated heterocycles. The number of thiazole rings is 1. The Morgan fingerprint density at radius 3 is 2.81 bits per heavy atom. The third-order valence-electron chi connectivity index (χ3n) is 5.81. The number of amides is 1. The van der Waals surface area contributed by atoms with Crippen molar-refractivity contribution in [1.29, 1.82) is 0 Å². The Morgan fingerprint density at radius 2 is 2.00 bits per heavy atom. The predicted molar refractivity (Wildman–Crippen MR) is 116 cm³/mol. The van der Waals surface area contributed by atoms with Gasteiger partial charge in [0.05, 0.1) is 27.2 Å². The molecule has 1 N–H and O–H groups in total. The zero-order chi connectivity index (χ0) is 21.6. The second-order valence-corrected chi connectivity index (χ2v) is 10.6. The molecule has 0 spiro atoms. The topological polar surface area (TPSA) is 88.6 Å². The number of sulfonamides is 1. The Balaban J connectivity index is 1.27. The van der Waals surface area contributed by atoms with Crippen molar-refractivity contribution in [1.82, 2.24) is 9.29 Å². The van der Waals surface area contributed by atoms with Crippen molar-refractivity contribution in [3.05, 3.63) is 47.5 Å². The monoisotopic (exact) mass is 461 g/mol. The number of carbonyl (C=O) groups excluding carboxylic acids is 1. The molecule has 1 amide bonds. The second kappa shape index (κ2) is 7.54. The number of alkyl halides is 1. The van der Waals surface area contributed by atoms with Crippen molar-refractivity contribution in [2.75, 3.05) is 25.0 Å². The van der Waals surface area contributed by atoms with Crippen LogP contribution in [0.15, 0.2) is 46.8 Å². The minimum absolute atomic E-state index is 0.0645.